The molecule has 1 N–H and O–H groups in total. The molecule has 0 atom stereocenters. The molecule has 0 fully saturated rings. The minimum atomic E-state index is -3.68. The Labute approximate surface area is 159 Å². The van der Waals surface area contributed by atoms with Gasteiger partial charge in [0.05, 0.1) is 35.4 Å². The van der Waals surface area contributed by atoms with E-state index < -0.39 is 10.0 Å². The van der Waals surface area contributed by atoms with Gasteiger partial charge in [0.1, 0.15) is 5.75 Å². The van der Waals surface area contributed by atoms with E-state index in [9.17, 15) is 8.42 Å². The predicted octanol–water partition coefficient (Wildman–Crippen LogP) is 4.11. The molecule has 3 rings (SSSR count). The summed E-state index contributed by atoms with van der Waals surface area (Å²) in [4.78, 5) is 4.43. The van der Waals surface area contributed by atoms with Crippen molar-refractivity contribution in [3.63, 3.8) is 0 Å². The third kappa shape index (κ3) is 4.14. The fourth-order valence-corrected chi connectivity index (χ4v) is 3.80. The Kier molecular flexibility index (Phi) is 5.23. The lowest BCUT2D eigenvalue weighted by atomic mass is 10.0. The first-order chi connectivity index (χ1) is 12.8. The van der Waals surface area contributed by atoms with Gasteiger partial charge in [0.2, 0.25) is 0 Å². The van der Waals surface area contributed by atoms with Crippen LogP contribution < -0.4 is 9.46 Å². The van der Waals surface area contributed by atoms with Crippen molar-refractivity contribution in [2.24, 2.45) is 0 Å². The third-order valence-corrected chi connectivity index (χ3v) is 5.68. The van der Waals surface area contributed by atoms with Crippen molar-refractivity contribution >= 4 is 15.7 Å². The summed E-state index contributed by atoms with van der Waals surface area (Å²) in [6.45, 7) is 6.03. The van der Waals surface area contributed by atoms with E-state index in [-0.39, 0.29) is 4.90 Å². The zero-order chi connectivity index (χ0) is 19.6. The summed E-state index contributed by atoms with van der Waals surface area (Å²) in [6.07, 6.45) is 3.56. The molecule has 0 amide bonds. The molecule has 0 radical (unpaired) electrons. The van der Waals surface area contributed by atoms with E-state index in [2.05, 4.69) is 23.6 Å². The van der Waals surface area contributed by atoms with Gasteiger partial charge in [-0.25, -0.2) is 13.4 Å². The summed E-state index contributed by atoms with van der Waals surface area (Å²) in [7, 11) is -2.13. The van der Waals surface area contributed by atoms with Crippen molar-refractivity contribution in [2.75, 3.05) is 11.8 Å². The standard InChI is InChI=1S/C20H23N3O3S/c1-14(2)16-5-8-18(9-6-16)27(24,25)22-17-7-10-19(20(11-17)26-4)23-12-15(3)21-13-23/h5-14,22H,1-4H3. The molecule has 0 unspecified atom stereocenters. The number of hydrogen-bond donors (Lipinski definition) is 1. The van der Waals surface area contributed by atoms with Gasteiger partial charge in [-0.1, -0.05) is 26.0 Å². The second kappa shape index (κ2) is 7.44. The van der Waals surface area contributed by atoms with Crippen LogP contribution in [0.2, 0.25) is 0 Å². The number of aromatic nitrogens is 2. The second-order valence-electron chi connectivity index (χ2n) is 6.64. The van der Waals surface area contributed by atoms with Gasteiger partial charge in [-0.15, -0.1) is 0 Å². The Morgan fingerprint density at radius 1 is 1.11 bits per heavy atom. The van der Waals surface area contributed by atoms with E-state index in [1.165, 1.54) is 0 Å². The van der Waals surface area contributed by atoms with Crippen molar-refractivity contribution in [1.29, 1.82) is 0 Å². The number of methoxy groups -OCH3 is 1. The molecule has 0 aliphatic heterocycles. The van der Waals surface area contributed by atoms with E-state index >= 15 is 0 Å². The molecule has 0 saturated carbocycles. The molecular formula is C20H23N3O3S. The number of ether oxygens (including phenoxy) is 1. The molecule has 7 heteroatoms. The highest BCUT2D eigenvalue weighted by molar-refractivity contribution is 7.92. The van der Waals surface area contributed by atoms with Crippen LogP contribution in [0, 0.1) is 6.92 Å². The van der Waals surface area contributed by atoms with E-state index in [4.69, 9.17) is 4.74 Å². The summed E-state index contributed by atoms with van der Waals surface area (Å²) >= 11 is 0. The fraction of sp³-hybridized carbons (Fsp3) is 0.250. The van der Waals surface area contributed by atoms with Gasteiger partial charge in [0.25, 0.3) is 10.0 Å². The van der Waals surface area contributed by atoms with Crippen molar-refractivity contribution in [3.8, 4) is 11.4 Å². The minimum Gasteiger partial charge on any atom is -0.494 e. The smallest absolute Gasteiger partial charge is 0.261 e. The topological polar surface area (TPSA) is 73.2 Å². The van der Waals surface area contributed by atoms with Crippen molar-refractivity contribution < 1.29 is 13.2 Å². The molecule has 27 heavy (non-hydrogen) atoms. The van der Waals surface area contributed by atoms with E-state index in [0.717, 1.165) is 16.9 Å². The first-order valence-corrected chi connectivity index (χ1v) is 10.1. The molecule has 6 nitrogen and oxygen atoms in total. The molecule has 1 heterocycles. The number of imidazole rings is 1. The molecule has 0 spiro atoms. The van der Waals surface area contributed by atoms with E-state index in [1.54, 1.807) is 43.8 Å². The van der Waals surface area contributed by atoms with Crippen molar-refractivity contribution in [3.05, 3.63) is 66.2 Å². The first-order valence-electron chi connectivity index (χ1n) is 8.62. The van der Waals surface area contributed by atoms with Gasteiger partial charge in [-0.2, -0.15) is 0 Å². The van der Waals surface area contributed by atoms with Crippen LogP contribution in [0.15, 0.2) is 59.9 Å². The second-order valence-corrected chi connectivity index (χ2v) is 8.32. The highest BCUT2D eigenvalue weighted by atomic mass is 32.2. The van der Waals surface area contributed by atoms with Crippen LogP contribution in [-0.4, -0.2) is 25.1 Å². The Balaban J connectivity index is 1.88. The van der Waals surface area contributed by atoms with Gasteiger partial charge < -0.3 is 9.30 Å². The van der Waals surface area contributed by atoms with Crippen LogP contribution in [0.1, 0.15) is 31.0 Å². The summed E-state index contributed by atoms with van der Waals surface area (Å²) < 4.78 is 35.2. The van der Waals surface area contributed by atoms with Gasteiger partial charge in [-0.3, -0.25) is 4.72 Å². The third-order valence-electron chi connectivity index (χ3n) is 4.28. The van der Waals surface area contributed by atoms with Gasteiger partial charge in [0, 0.05) is 12.3 Å². The predicted molar refractivity (Wildman–Crippen MR) is 106 cm³/mol. The number of hydrogen-bond acceptors (Lipinski definition) is 4. The number of anilines is 1. The lowest BCUT2D eigenvalue weighted by Gasteiger charge is -2.13. The number of sulfonamides is 1. The summed E-state index contributed by atoms with van der Waals surface area (Å²) in [5, 5.41) is 0. The molecule has 2 aromatic carbocycles. The molecule has 0 bridgehead atoms. The van der Waals surface area contributed by atoms with Crippen LogP contribution in [0.3, 0.4) is 0 Å². The maximum atomic E-state index is 12.7. The number of nitrogens with one attached hydrogen (secondary N) is 1. The Hall–Kier alpha value is -2.80. The summed E-state index contributed by atoms with van der Waals surface area (Å²) in [5.41, 5.74) is 3.19. The molecule has 0 saturated heterocycles. The monoisotopic (exact) mass is 385 g/mol. The summed E-state index contributed by atoms with van der Waals surface area (Å²) in [6, 6.07) is 12.1. The normalized spacial score (nSPS) is 11.6. The molecule has 0 aliphatic rings. The van der Waals surface area contributed by atoms with E-state index in [1.807, 2.05) is 29.8 Å². The largest absolute Gasteiger partial charge is 0.494 e. The average Bonchev–Trinajstić information content (AvgIpc) is 3.07. The highest BCUT2D eigenvalue weighted by Crippen LogP contribution is 2.28. The van der Waals surface area contributed by atoms with Crippen LogP contribution >= 0.6 is 0 Å². The highest BCUT2D eigenvalue weighted by Gasteiger charge is 2.16. The van der Waals surface area contributed by atoms with Gasteiger partial charge >= 0.3 is 0 Å². The molecule has 0 aliphatic carbocycles. The molecular weight excluding hydrogens is 362 g/mol. The lowest BCUT2D eigenvalue weighted by molar-refractivity contribution is 0.413. The Bertz CT molecular complexity index is 1040. The summed E-state index contributed by atoms with van der Waals surface area (Å²) in [5.74, 6) is 0.890. The molecule has 142 valence electrons. The number of nitrogens with zero attached hydrogens (tertiary/aromatic N) is 2. The number of rotatable bonds is 6. The van der Waals surface area contributed by atoms with Crippen LogP contribution in [-0.2, 0) is 10.0 Å². The maximum Gasteiger partial charge on any atom is 0.261 e. The van der Waals surface area contributed by atoms with Crippen LogP contribution in [0.25, 0.3) is 5.69 Å². The zero-order valence-corrected chi connectivity index (χ0v) is 16.6. The van der Waals surface area contributed by atoms with E-state index in [0.29, 0.717) is 17.4 Å². The van der Waals surface area contributed by atoms with Crippen molar-refractivity contribution in [1.82, 2.24) is 9.55 Å². The number of aryl methyl sites for hydroxylation is 1. The zero-order valence-electron chi connectivity index (χ0n) is 15.8. The SMILES string of the molecule is COc1cc(NS(=O)(=O)c2ccc(C(C)C)cc2)ccc1-n1cnc(C)c1. The number of benzene rings is 2. The Morgan fingerprint density at radius 2 is 1.81 bits per heavy atom. The quantitative estimate of drug-likeness (QED) is 0.693. The average molecular weight is 385 g/mol. The molecule has 3 aromatic rings. The molecule has 1 aromatic heterocycles. The maximum absolute atomic E-state index is 12.7. The van der Waals surface area contributed by atoms with Gasteiger partial charge in [0.15, 0.2) is 0 Å². The van der Waals surface area contributed by atoms with Crippen LogP contribution in [0.5, 0.6) is 5.75 Å². The first kappa shape index (κ1) is 19.0. The van der Waals surface area contributed by atoms with Gasteiger partial charge in [-0.05, 0) is 42.7 Å². The lowest BCUT2D eigenvalue weighted by Crippen LogP contribution is -2.13. The Morgan fingerprint density at radius 3 is 2.37 bits per heavy atom. The van der Waals surface area contributed by atoms with Crippen molar-refractivity contribution in [2.45, 2.75) is 31.6 Å². The fourth-order valence-electron chi connectivity index (χ4n) is 2.75. The minimum absolute atomic E-state index is 0.222. The van der Waals surface area contributed by atoms with Crippen LogP contribution in [0.4, 0.5) is 5.69 Å².